The fourth-order valence-electron chi connectivity index (χ4n) is 3.85. The molecule has 0 saturated heterocycles. The van der Waals surface area contributed by atoms with Crippen molar-refractivity contribution in [1.29, 1.82) is 0 Å². The molecule has 0 fully saturated rings. The van der Waals surface area contributed by atoms with Gasteiger partial charge in [-0.15, -0.1) is 0 Å². The number of fused-ring (bicyclic) bond motifs is 1. The second kappa shape index (κ2) is 8.64. The number of benzene rings is 1. The second-order valence-electron chi connectivity index (χ2n) is 8.14. The van der Waals surface area contributed by atoms with E-state index in [2.05, 4.69) is 84.0 Å². The van der Waals surface area contributed by atoms with Gasteiger partial charge in [0.1, 0.15) is 0 Å². The third kappa shape index (κ3) is 4.55. The second-order valence-corrected chi connectivity index (χ2v) is 15.7. The summed E-state index contributed by atoms with van der Waals surface area (Å²) in [6.45, 7) is 14.1. The van der Waals surface area contributed by atoms with Crippen LogP contribution in [0.3, 0.4) is 0 Å². The minimum Gasteiger partial charge on any atom is -1.00 e. The van der Waals surface area contributed by atoms with Gasteiger partial charge in [0.25, 0.3) is 0 Å². The van der Waals surface area contributed by atoms with E-state index < -0.39 is 21.3 Å². The van der Waals surface area contributed by atoms with Gasteiger partial charge in [0.2, 0.25) is 0 Å². The summed E-state index contributed by atoms with van der Waals surface area (Å²) in [7, 11) is 0. The summed E-state index contributed by atoms with van der Waals surface area (Å²) in [5.41, 5.74) is 6.46. The Kier molecular flexibility index (Phi) is 7.89. The molecule has 1 aromatic rings. The first-order chi connectivity index (χ1) is 10.8. The average Bonchev–Trinajstić information content (AvgIpc) is 3.06. The summed E-state index contributed by atoms with van der Waals surface area (Å²) in [5.74, 6) is 0. The van der Waals surface area contributed by atoms with Crippen LogP contribution in [0, 0.1) is 5.41 Å². The predicted molar refractivity (Wildman–Crippen MR) is 99.4 cm³/mol. The van der Waals surface area contributed by atoms with Crippen LogP contribution in [-0.4, -0.2) is 3.21 Å². The van der Waals surface area contributed by atoms with E-state index >= 15 is 0 Å². The molecule has 3 rings (SSSR count). The first kappa shape index (κ1) is 22.8. The maximum Gasteiger partial charge on any atom is -1.00 e. The van der Waals surface area contributed by atoms with Crippen molar-refractivity contribution in [2.24, 2.45) is 5.41 Å². The Hall–Kier alpha value is -0.227. The molecule has 0 amide bonds. The Balaban J connectivity index is 0.00000156. The SMILES string of the molecule is CC1=C[CH]([Zr+2]([C]2=CC=C(C(C)(C)C)C2)=[C](C)C)c2ccccc21.[Cl-].[Cl-]. The van der Waals surface area contributed by atoms with Crippen molar-refractivity contribution in [2.45, 2.75) is 51.6 Å². The predicted octanol–water partition coefficient (Wildman–Crippen LogP) is 0.243. The molecule has 0 N–H and O–H groups in total. The number of allylic oxidation sites excluding steroid dienone is 6. The Labute approximate surface area is 173 Å². The smallest absolute Gasteiger partial charge is 1.00 e. The van der Waals surface area contributed by atoms with Crippen molar-refractivity contribution in [1.82, 2.24) is 0 Å². The maximum absolute atomic E-state index is 2.57. The van der Waals surface area contributed by atoms with E-state index in [1.54, 1.807) is 17.6 Å². The topological polar surface area (TPSA) is 0 Å². The summed E-state index contributed by atoms with van der Waals surface area (Å²) in [6.07, 6.45) is 8.68. The van der Waals surface area contributed by atoms with Gasteiger partial charge in [-0.1, -0.05) is 0 Å². The molecule has 0 saturated carbocycles. The number of hydrogen-bond acceptors (Lipinski definition) is 0. The van der Waals surface area contributed by atoms with E-state index in [-0.39, 0.29) is 24.8 Å². The molecule has 25 heavy (non-hydrogen) atoms. The van der Waals surface area contributed by atoms with Gasteiger partial charge in [-0.25, -0.2) is 0 Å². The minimum absolute atomic E-state index is 0. The molecule has 2 aliphatic carbocycles. The van der Waals surface area contributed by atoms with Crippen LogP contribution < -0.4 is 24.8 Å². The van der Waals surface area contributed by atoms with Crippen LogP contribution in [0.15, 0.2) is 51.3 Å². The third-order valence-electron chi connectivity index (χ3n) is 5.16. The molecule has 0 radical (unpaired) electrons. The van der Waals surface area contributed by atoms with Crippen molar-refractivity contribution >= 4 is 8.78 Å². The first-order valence-electron chi connectivity index (χ1n) is 8.64. The van der Waals surface area contributed by atoms with Gasteiger partial charge in [-0.3, -0.25) is 0 Å². The number of halogens is 2. The summed E-state index contributed by atoms with van der Waals surface area (Å²) in [4.78, 5) is 0. The molecular formula is C22H28Cl2Zr. The van der Waals surface area contributed by atoms with Gasteiger partial charge in [0.05, 0.1) is 0 Å². The monoisotopic (exact) mass is 452 g/mol. The zero-order valence-corrected chi connectivity index (χ0v) is 20.1. The molecule has 1 unspecified atom stereocenters. The molecular weight excluding hydrogens is 426 g/mol. The van der Waals surface area contributed by atoms with E-state index in [1.807, 2.05) is 0 Å². The van der Waals surface area contributed by atoms with E-state index in [0.29, 0.717) is 9.04 Å². The van der Waals surface area contributed by atoms with Crippen LogP contribution in [0.5, 0.6) is 0 Å². The zero-order valence-electron chi connectivity index (χ0n) is 16.1. The molecule has 0 nitrogen and oxygen atoms in total. The molecule has 0 heterocycles. The third-order valence-corrected chi connectivity index (χ3v) is 13.1. The molecule has 0 bridgehead atoms. The van der Waals surface area contributed by atoms with E-state index in [1.165, 1.54) is 17.6 Å². The fourth-order valence-corrected chi connectivity index (χ4v) is 11.9. The summed E-state index contributed by atoms with van der Waals surface area (Å²) >= 11 is -1.84. The van der Waals surface area contributed by atoms with Crippen LogP contribution >= 0.6 is 0 Å². The first-order valence-corrected chi connectivity index (χ1v) is 12.5. The molecule has 1 aromatic carbocycles. The van der Waals surface area contributed by atoms with E-state index in [9.17, 15) is 0 Å². The minimum atomic E-state index is -1.84. The molecule has 134 valence electrons. The Bertz CT molecular complexity index is 769. The Morgan fingerprint density at radius 2 is 1.68 bits per heavy atom. The Morgan fingerprint density at radius 3 is 2.24 bits per heavy atom. The van der Waals surface area contributed by atoms with E-state index in [0.717, 1.165) is 0 Å². The van der Waals surface area contributed by atoms with Crippen molar-refractivity contribution in [3.05, 3.63) is 62.5 Å². The van der Waals surface area contributed by atoms with Gasteiger partial charge in [0.15, 0.2) is 0 Å². The number of rotatable bonds is 2. The quantitative estimate of drug-likeness (QED) is 0.601. The molecule has 0 spiro atoms. The molecule has 3 heteroatoms. The van der Waals surface area contributed by atoms with Crippen LogP contribution in [0.2, 0.25) is 0 Å². The van der Waals surface area contributed by atoms with Gasteiger partial charge >= 0.3 is 150 Å². The van der Waals surface area contributed by atoms with E-state index in [4.69, 9.17) is 0 Å². The molecule has 1 atom stereocenters. The summed E-state index contributed by atoms with van der Waals surface area (Å²) in [6, 6.07) is 9.06. The van der Waals surface area contributed by atoms with Crippen LogP contribution in [0.25, 0.3) is 5.57 Å². The average molecular weight is 455 g/mol. The standard InChI is InChI=1S/C10H9.C9H13.C3H6.2ClH.Zr/c1-8-6-7-9-4-2-3-5-10(8)9;1-9(2,3)8-6-4-5-7-8;1-3-2;;;/h2-7H,1H3;4,6H,7H2,1-3H3;1-2H3;2*1H;/q;;;;;+2/p-2. The van der Waals surface area contributed by atoms with Crippen molar-refractivity contribution in [3.8, 4) is 0 Å². The zero-order chi connectivity index (χ0) is 16.8. The Morgan fingerprint density at radius 1 is 1.04 bits per heavy atom. The maximum atomic E-state index is 2.57. The summed E-state index contributed by atoms with van der Waals surface area (Å²) < 4.78 is 4.19. The fraction of sp³-hybridized carbons (Fsp3) is 0.409. The number of hydrogen-bond donors (Lipinski definition) is 0. The largest absolute Gasteiger partial charge is 1.00 e. The van der Waals surface area contributed by atoms with Gasteiger partial charge < -0.3 is 24.8 Å². The summed E-state index contributed by atoms with van der Waals surface area (Å²) in [5, 5.41) is 0. The molecule has 0 aromatic heterocycles. The van der Waals surface area contributed by atoms with Crippen LogP contribution in [0.1, 0.15) is 62.7 Å². The van der Waals surface area contributed by atoms with Crippen LogP contribution in [0.4, 0.5) is 0 Å². The van der Waals surface area contributed by atoms with Crippen molar-refractivity contribution in [2.75, 3.05) is 0 Å². The van der Waals surface area contributed by atoms with Crippen molar-refractivity contribution < 1.29 is 46.1 Å². The normalized spacial score (nSPS) is 18.0. The molecule has 2 aliphatic rings. The van der Waals surface area contributed by atoms with Crippen molar-refractivity contribution in [3.63, 3.8) is 0 Å². The van der Waals surface area contributed by atoms with Gasteiger partial charge in [0, 0.05) is 0 Å². The molecule has 0 aliphatic heterocycles. The van der Waals surface area contributed by atoms with Gasteiger partial charge in [-0.05, 0) is 0 Å². The van der Waals surface area contributed by atoms with Crippen LogP contribution in [-0.2, 0) is 21.3 Å². The van der Waals surface area contributed by atoms with Gasteiger partial charge in [-0.2, -0.15) is 0 Å².